The fourth-order valence-corrected chi connectivity index (χ4v) is 5.33. The Balaban J connectivity index is 1.73. The SMILES string of the molecule is CSc1ccc([C@H]2C3=C(CC(C)(C)CC3=O)NC3=C2C(=O)c2ccccc23)cc1. The van der Waals surface area contributed by atoms with Crippen LogP contribution in [0.4, 0.5) is 0 Å². The number of carbonyl (C=O) groups excluding carboxylic acids is 2. The molecule has 2 aliphatic carbocycles. The topological polar surface area (TPSA) is 46.2 Å². The first-order valence-electron chi connectivity index (χ1n) is 9.95. The summed E-state index contributed by atoms with van der Waals surface area (Å²) in [6.45, 7) is 4.27. The van der Waals surface area contributed by atoms with Crippen molar-refractivity contribution in [3.05, 3.63) is 82.1 Å². The van der Waals surface area contributed by atoms with Crippen LogP contribution < -0.4 is 5.32 Å². The Kier molecular flexibility index (Phi) is 4.11. The minimum atomic E-state index is -0.305. The average Bonchev–Trinajstić information content (AvgIpc) is 2.98. The largest absolute Gasteiger partial charge is 0.358 e. The summed E-state index contributed by atoms with van der Waals surface area (Å²) in [5.74, 6) is -0.120. The highest BCUT2D eigenvalue weighted by Crippen LogP contribution is 2.51. The van der Waals surface area contributed by atoms with Crippen molar-refractivity contribution in [3.63, 3.8) is 0 Å². The van der Waals surface area contributed by atoms with Crippen molar-refractivity contribution in [1.82, 2.24) is 5.32 Å². The molecule has 1 aliphatic heterocycles. The van der Waals surface area contributed by atoms with E-state index in [9.17, 15) is 9.59 Å². The molecule has 0 radical (unpaired) electrons. The van der Waals surface area contributed by atoms with Gasteiger partial charge in [0.2, 0.25) is 0 Å². The van der Waals surface area contributed by atoms with Crippen LogP contribution in [0.1, 0.15) is 54.1 Å². The van der Waals surface area contributed by atoms with E-state index in [-0.39, 0.29) is 22.9 Å². The monoisotopic (exact) mass is 401 g/mol. The number of fused-ring (bicyclic) bond motifs is 2. The van der Waals surface area contributed by atoms with Crippen LogP contribution in [0.25, 0.3) is 5.70 Å². The van der Waals surface area contributed by atoms with Crippen molar-refractivity contribution in [3.8, 4) is 0 Å². The number of allylic oxidation sites excluding steroid dienone is 3. The molecule has 0 unspecified atom stereocenters. The van der Waals surface area contributed by atoms with Crippen molar-refractivity contribution in [2.75, 3.05) is 6.26 Å². The summed E-state index contributed by atoms with van der Waals surface area (Å²) in [5.41, 5.74) is 5.95. The summed E-state index contributed by atoms with van der Waals surface area (Å²) in [6, 6.07) is 16.0. The van der Waals surface area contributed by atoms with E-state index in [0.29, 0.717) is 6.42 Å². The van der Waals surface area contributed by atoms with Crippen molar-refractivity contribution < 1.29 is 9.59 Å². The lowest BCUT2D eigenvalue weighted by Crippen LogP contribution is -2.37. The summed E-state index contributed by atoms with van der Waals surface area (Å²) >= 11 is 1.69. The van der Waals surface area contributed by atoms with Crippen molar-refractivity contribution in [1.29, 1.82) is 0 Å². The third kappa shape index (κ3) is 2.81. The van der Waals surface area contributed by atoms with E-state index >= 15 is 0 Å². The summed E-state index contributed by atoms with van der Waals surface area (Å²) in [4.78, 5) is 27.9. The molecule has 0 aromatic heterocycles. The number of carbonyl (C=O) groups is 2. The Bertz CT molecular complexity index is 1120. The standard InChI is InChI=1S/C25H23NO2S/c1-25(2)12-18-21(19(27)13-25)20(14-8-10-15(29-3)11-9-14)22-23(26-18)16-6-4-5-7-17(16)24(22)28/h4-11,20,26H,12-13H2,1-3H3/t20-/m0/s1. The number of thioether (sulfide) groups is 1. The fourth-order valence-electron chi connectivity index (χ4n) is 4.92. The molecule has 0 fully saturated rings. The van der Waals surface area contributed by atoms with E-state index in [1.807, 2.05) is 30.5 Å². The molecule has 3 aliphatic rings. The zero-order valence-corrected chi connectivity index (χ0v) is 17.7. The minimum Gasteiger partial charge on any atom is -0.358 e. The molecular formula is C25H23NO2S. The molecule has 4 heteroatoms. The van der Waals surface area contributed by atoms with Gasteiger partial charge in [0.05, 0.1) is 5.70 Å². The second-order valence-corrected chi connectivity index (χ2v) is 9.71. The lowest BCUT2D eigenvalue weighted by Gasteiger charge is -2.39. The molecule has 5 rings (SSSR count). The molecule has 3 nitrogen and oxygen atoms in total. The molecular weight excluding hydrogens is 378 g/mol. The van der Waals surface area contributed by atoms with Gasteiger partial charge in [-0.15, -0.1) is 11.8 Å². The van der Waals surface area contributed by atoms with Crippen LogP contribution >= 0.6 is 11.8 Å². The van der Waals surface area contributed by atoms with Gasteiger partial charge in [0, 0.05) is 45.2 Å². The average molecular weight is 402 g/mol. The summed E-state index contributed by atoms with van der Waals surface area (Å²) in [6.07, 6.45) is 3.36. The maximum absolute atomic E-state index is 13.4. The van der Waals surface area contributed by atoms with Crippen molar-refractivity contribution in [2.45, 2.75) is 37.5 Å². The van der Waals surface area contributed by atoms with E-state index in [2.05, 4.69) is 43.4 Å². The number of ketones is 2. The second-order valence-electron chi connectivity index (χ2n) is 8.83. The van der Waals surface area contributed by atoms with Gasteiger partial charge in [0.15, 0.2) is 11.6 Å². The van der Waals surface area contributed by atoms with Crippen LogP contribution in [-0.4, -0.2) is 17.8 Å². The second kappa shape index (κ2) is 6.46. The van der Waals surface area contributed by atoms with Crippen LogP contribution in [0.3, 0.4) is 0 Å². The highest BCUT2D eigenvalue weighted by atomic mass is 32.2. The van der Waals surface area contributed by atoms with Gasteiger partial charge in [0.1, 0.15) is 0 Å². The molecule has 146 valence electrons. The van der Waals surface area contributed by atoms with Crippen LogP contribution in [-0.2, 0) is 4.79 Å². The van der Waals surface area contributed by atoms with Gasteiger partial charge < -0.3 is 5.32 Å². The van der Waals surface area contributed by atoms with E-state index in [4.69, 9.17) is 0 Å². The van der Waals surface area contributed by atoms with Crippen molar-refractivity contribution in [2.24, 2.45) is 5.41 Å². The molecule has 0 saturated carbocycles. The molecule has 1 N–H and O–H groups in total. The molecule has 2 aromatic rings. The van der Waals surface area contributed by atoms with E-state index in [1.165, 1.54) is 4.90 Å². The van der Waals surface area contributed by atoms with E-state index < -0.39 is 0 Å². The first-order chi connectivity index (χ1) is 13.9. The third-order valence-corrected chi connectivity index (χ3v) is 6.92. The van der Waals surface area contributed by atoms with Gasteiger partial charge in [0.25, 0.3) is 0 Å². The summed E-state index contributed by atoms with van der Waals surface area (Å²) in [7, 11) is 0. The first-order valence-corrected chi connectivity index (χ1v) is 11.2. The van der Waals surface area contributed by atoms with Crippen LogP contribution in [0, 0.1) is 5.41 Å². The molecule has 1 heterocycles. The maximum atomic E-state index is 13.4. The number of hydrogen-bond acceptors (Lipinski definition) is 4. The number of rotatable bonds is 2. The first kappa shape index (κ1) is 18.4. The Morgan fingerprint density at radius 3 is 2.31 bits per heavy atom. The molecule has 0 saturated heterocycles. The molecule has 0 amide bonds. The summed E-state index contributed by atoms with van der Waals surface area (Å²) in [5, 5.41) is 3.53. The number of benzene rings is 2. The summed E-state index contributed by atoms with van der Waals surface area (Å²) < 4.78 is 0. The highest BCUT2D eigenvalue weighted by Gasteiger charge is 2.46. The zero-order valence-electron chi connectivity index (χ0n) is 16.8. The van der Waals surface area contributed by atoms with E-state index in [1.54, 1.807) is 11.8 Å². The fraction of sp³-hybridized carbons (Fsp3) is 0.280. The zero-order chi connectivity index (χ0) is 20.3. The molecule has 1 atom stereocenters. The highest BCUT2D eigenvalue weighted by molar-refractivity contribution is 7.98. The number of Topliss-reactive ketones (excluding diaryl/α,β-unsaturated/α-hetero) is 2. The smallest absolute Gasteiger partial charge is 0.192 e. The third-order valence-electron chi connectivity index (χ3n) is 6.18. The number of nitrogens with one attached hydrogen (secondary N) is 1. The van der Waals surface area contributed by atoms with Crippen molar-refractivity contribution >= 4 is 29.0 Å². The van der Waals surface area contributed by atoms with Gasteiger partial charge in [-0.2, -0.15) is 0 Å². The lowest BCUT2D eigenvalue weighted by atomic mass is 9.68. The van der Waals surface area contributed by atoms with Gasteiger partial charge in [-0.1, -0.05) is 50.2 Å². The maximum Gasteiger partial charge on any atom is 0.192 e. The van der Waals surface area contributed by atoms with Crippen LogP contribution in [0.2, 0.25) is 0 Å². The molecule has 29 heavy (non-hydrogen) atoms. The van der Waals surface area contributed by atoms with Crippen LogP contribution in [0.5, 0.6) is 0 Å². The normalized spacial score (nSPS) is 22.2. The van der Waals surface area contributed by atoms with Gasteiger partial charge in [-0.3, -0.25) is 9.59 Å². The van der Waals surface area contributed by atoms with Gasteiger partial charge in [-0.05, 0) is 35.8 Å². The Morgan fingerprint density at radius 1 is 0.931 bits per heavy atom. The number of dihydropyridines is 1. The Morgan fingerprint density at radius 2 is 1.62 bits per heavy atom. The van der Waals surface area contributed by atoms with Crippen LogP contribution in [0.15, 0.2) is 70.3 Å². The van der Waals surface area contributed by atoms with E-state index in [0.717, 1.165) is 45.7 Å². The van der Waals surface area contributed by atoms with Gasteiger partial charge in [-0.25, -0.2) is 0 Å². The molecule has 0 bridgehead atoms. The Labute approximate surface area is 175 Å². The quantitative estimate of drug-likeness (QED) is 0.690. The number of hydrogen-bond donors (Lipinski definition) is 1. The lowest BCUT2D eigenvalue weighted by molar-refractivity contribution is -0.118. The minimum absolute atomic E-state index is 0.0335. The van der Waals surface area contributed by atoms with Gasteiger partial charge >= 0.3 is 0 Å². The molecule has 0 spiro atoms. The predicted molar refractivity (Wildman–Crippen MR) is 117 cm³/mol. The molecule has 2 aromatic carbocycles. The Hall–Kier alpha value is -2.59. The predicted octanol–water partition coefficient (Wildman–Crippen LogP) is 5.35.